The van der Waals surface area contributed by atoms with E-state index in [0.717, 1.165) is 30.0 Å². The number of aromatic nitrogens is 2. The molecule has 114 valence electrons. The number of thioether (sulfide) groups is 1. The number of rotatable bonds is 4. The molecule has 0 aromatic carbocycles. The standard InChI is InChI=1S/C13H16BrN3O3S/c14-8-9(7-1-2-7)16-17-10(8)11(18)15-13(12(19)20)3-5-21-6-4-13/h7H,1-6H2,(H,15,18)(H,16,17)(H,19,20). The molecule has 2 aliphatic rings. The third-order valence-corrected chi connectivity index (χ3v) is 5.83. The monoisotopic (exact) mass is 373 g/mol. The number of carbonyl (C=O) groups is 2. The van der Waals surface area contributed by atoms with Crippen LogP contribution in [0.15, 0.2) is 4.47 Å². The van der Waals surface area contributed by atoms with Crippen molar-refractivity contribution in [3.63, 3.8) is 0 Å². The molecule has 1 saturated carbocycles. The van der Waals surface area contributed by atoms with Crippen LogP contribution in [0.4, 0.5) is 0 Å². The van der Waals surface area contributed by atoms with E-state index < -0.39 is 17.4 Å². The van der Waals surface area contributed by atoms with Crippen LogP contribution in [-0.4, -0.2) is 44.2 Å². The first-order chi connectivity index (χ1) is 10.0. The van der Waals surface area contributed by atoms with E-state index in [1.54, 1.807) is 11.8 Å². The highest BCUT2D eigenvalue weighted by atomic mass is 79.9. The van der Waals surface area contributed by atoms with E-state index in [1.165, 1.54) is 0 Å². The van der Waals surface area contributed by atoms with Crippen molar-refractivity contribution < 1.29 is 14.7 Å². The number of carboxylic acids is 1. The fourth-order valence-corrected chi connectivity index (χ4v) is 4.39. The Balaban J connectivity index is 1.79. The Bertz CT molecular complexity index is 579. The van der Waals surface area contributed by atoms with Crippen molar-refractivity contribution in [2.75, 3.05) is 11.5 Å². The van der Waals surface area contributed by atoms with Crippen molar-refractivity contribution in [1.29, 1.82) is 0 Å². The molecule has 2 heterocycles. The molecule has 21 heavy (non-hydrogen) atoms. The van der Waals surface area contributed by atoms with Gasteiger partial charge in [0.2, 0.25) is 0 Å². The van der Waals surface area contributed by atoms with Crippen LogP contribution in [0.25, 0.3) is 0 Å². The minimum Gasteiger partial charge on any atom is -0.480 e. The lowest BCUT2D eigenvalue weighted by atomic mass is 9.92. The van der Waals surface area contributed by atoms with Gasteiger partial charge >= 0.3 is 5.97 Å². The number of hydrogen-bond acceptors (Lipinski definition) is 4. The van der Waals surface area contributed by atoms with Crippen molar-refractivity contribution in [2.45, 2.75) is 37.1 Å². The number of carbonyl (C=O) groups excluding carboxylic acids is 1. The molecule has 0 radical (unpaired) electrons. The molecule has 1 aromatic rings. The molecule has 6 nitrogen and oxygen atoms in total. The largest absolute Gasteiger partial charge is 0.480 e. The maximum absolute atomic E-state index is 12.4. The Morgan fingerprint density at radius 2 is 2.05 bits per heavy atom. The normalized spacial score (nSPS) is 21.0. The van der Waals surface area contributed by atoms with Gasteiger partial charge in [-0.05, 0) is 53.1 Å². The van der Waals surface area contributed by atoms with E-state index in [9.17, 15) is 14.7 Å². The molecular weight excluding hydrogens is 358 g/mol. The molecule has 0 unspecified atom stereocenters. The lowest BCUT2D eigenvalue weighted by Crippen LogP contribution is -2.56. The summed E-state index contributed by atoms with van der Waals surface area (Å²) in [6, 6.07) is 0. The predicted molar refractivity (Wildman–Crippen MR) is 82.7 cm³/mol. The van der Waals surface area contributed by atoms with E-state index in [4.69, 9.17) is 0 Å². The molecule has 1 amide bonds. The van der Waals surface area contributed by atoms with Crippen molar-refractivity contribution in [3.8, 4) is 0 Å². The zero-order valence-electron chi connectivity index (χ0n) is 11.3. The molecule has 0 bridgehead atoms. The summed E-state index contributed by atoms with van der Waals surface area (Å²) < 4.78 is 0.660. The number of H-pyrrole nitrogens is 1. The molecule has 3 rings (SSSR count). The summed E-state index contributed by atoms with van der Waals surface area (Å²) in [6.07, 6.45) is 3.07. The minimum atomic E-state index is -1.17. The topological polar surface area (TPSA) is 95.1 Å². The summed E-state index contributed by atoms with van der Waals surface area (Å²) in [5.41, 5.74) is 0.0139. The van der Waals surface area contributed by atoms with E-state index in [0.29, 0.717) is 23.2 Å². The summed E-state index contributed by atoms with van der Waals surface area (Å²) in [7, 11) is 0. The quantitative estimate of drug-likeness (QED) is 0.751. The molecule has 0 spiro atoms. The zero-order valence-corrected chi connectivity index (χ0v) is 13.7. The van der Waals surface area contributed by atoms with Crippen LogP contribution < -0.4 is 5.32 Å². The first-order valence-corrected chi connectivity index (χ1v) is 8.86. The van der Waals surface area contributed by atoms with Crippen molar-refractivity contribution in [2.24, 2.45) is 0 Å². The van der Waals surface area contributed by atoms with Gasteiger partial charge in [0.1, 0.15) is 5.54 Å². The van der Waals surface area contributed by atoms with Crippen LogP contribution in [0.1, 0.15) is 47.8 Å². The lowest BCUT2D eigenvalue weighted by Gasteiger charge is -2.33. The fourth-order valence-electron chi connectivity index (χ4n) is 2.52. The van der Waals surface area contributed by atoms with Crippen molar-refractivity contribution >= 4 is 39.6 Å². The van der Waals surface area contributed by atoms with E-state index in [2.05, 4.69) is 31.4 Å². The number of hydrogen-bond donors (Lipinski definition) is 3. The van der Waals surface area contributed by atoms with Gasteiger partial charge in [-0.2, -0.15) is 16.9 Å². The van der Waals surface area contributed by atoms with E-state index in [-0.39, 0.29) is 5.69 Å². The maximum Gasteiger partial charge on any atom is 0.329 e. The summed E-state index contributed by atoms with van der Waals surface area (Å²) in [4.78, 5) is 24.0. The van der Waals surface area contributed by atoms with Gasteiger partial charge in [0, 0.05) is 5.92 Å². The number of aromatic amines is 1. The lowest BCUT2D eigenvalue weighted by molar-refractivity contribution is -0.144. The Hall–Kier alpha value is -1.02. The molecule has 1 aromatic heterocycles. The van der Waals surface area contributed by atoms with Crippen LogP contribution in [-0.2, 0) is 4.79 Å². The Morgan fingerprint density at radius 3 is 2.62 bits per heavy atom. The molecule has 1 aliphatic carbocycles. The molecule has 1 aliphatic heterocycles. The first kappa shape index (κ1) is 14.9. The van der Waals surface area contributed by atoms with Gasteiger partial charge < -0.3 is 10.4 Å². The third kappa shape index (κ3) is 2.83. The number of nitrogens with one attached hydrogen (secondary N) is 2. The highest BCUT2D eigenvalue weighted by Gasteiger charge is 2.42. The smallest absolute Gasteiger partial charge is 0.329 e. The second-order valence-electron chi connectivity index (χ2n) is 5.53. The maximum atomic E-state index is 12.4. The predicted octanol–water partition coefficient (Wildman–Crippen LogP) is 2.13. The summed E-state index contributed by atoms with van der Waals surface area (Å²) in [6.45, 7) is 0. The third-order valence-electron chi connectivity index (χ3n) is 4.04. The van der Waals surface area contributed by atoms with Crippen LogP contribution in [0.3, 0.4) is 0 Å². The van der Waals surface area contributed by atoms with Crippen LogP contribution in [0.5, 0.6) is 0 Å². The number of halogens is 1. The SMILES string of the molecule is O=C(NC1(C(=O)O)CCSCC1)c1n[nH]c(C2CC2)c1Br. The first-order valence-electron chi connectivity index (χ1n) is 6.91. The summed E-state index contributed by atoms with van der Waals surface area (Å²) in [5, 5.41) is 19.1. The number of amides is 1. The van der Waals surface area contributed by atoms with Gasteiger partial charge in [0.05, 0.1) is 10.2 Å². The Morgan fingerprint density at radius 1 is 1.38 bits per heavy atom. The van der Waals surface area contributed by atoms with Gasteiger partial charge in [-0.25, -0.2) is 4.79 Å². The molecule has 3 N–H and O–H groups in total. The van der Waals surface area contributed by atoms with Crippen LogP contribution in [0.2, 0.25) is 0 Å². The van der Waals surface area contributed by atoms with Gasteiger partial charge in [0.15, 0.2) is 5.69 Å². The summed E-state index contributed by atoms with van der Waals surface area (Å²) >= 11 is 5.12. The number of aliphatic carboxylic acids is 1. The van der Waals surface area contributed by atoms with Crippen molar-refractivity contribution in [1.82, 2.24) is 15.5 Å². The molecule has 8 heteroatoms. The van der Waals surface area contributed by atoms with Gasteiger partial charge in [-0.15, -0.1) is 0 Å². The molecule has 0 atom stereocenters. The molecule has 2 fully saturated rings. The van der Waals surface area contributed by atoms with Crippen LogP contribution >= 0.6 is 27.7 Å². The van der Waals surface area contributed by atoms with E-state index >= 15 is 0 Å². The average molecular weight is 374 g/mol. The van der Waals surface area contributed by atoms with Gasteiger partial charge in [0.25, 0.3) is 5.91 Å². The van der Waals surface area contributed by atoms with E-state index in [1.807, 2.05) is 0 Å². The summed E-state index contributed by atoms with van der Waals surface area (Å²) in [5.74, 6) is 0.515. The zero-order chi connectivity index (χ0) is 15.0. The van der Waals surface area contributed by atoms with Crippen molar-refractivity contribution in [3.05, 3.63) is 15.9 Å². The Kier molecular flexibility index (Phi) is 4.00. The minimum absolute atomic E-state index is 0.246. The second-order valence-corrected chi connectivity index (χ2v) is 7.55. The van der Waals surface area contributed by atoms with Gasteiger partial charge in [-0.1, -0.05) is 0 Å². The van der Waals surface area contributed by atoms with Crippen LogP contribution in [0, 0.1) is 0 Å². The fraction of sp³-hybridized carbons (Fsp3) is 0.615. The Labute approximate surface area is 134 Å². The highest BCUT2D eigenvalue weighted by molar-refractivity contribution is 9.10. The average Bonchev–Trinajstić information content (AvgIpc) is 3.22. The number of carboxylic acid groups (broad SMARTS) is 1. The highest BCUT2D eigenvalue weighted by Crippen LogP contribution is 2.43. The number of nitrogens with zero attached hydrogens (tertiary/aromatic N) is 1. The van der Waals surface area contributed by atoms with Gasteiger partial charge in [-0.3, -0.25) is 9.89 Å². The second kappa shape index (κ2) is 5.64. The molecular formula is C13H16BrN3O3S. The molecule has 1 saturated heterocycles.